The first-order valence-electron chi connectivity index (χ1n) is 8.94. The number of amides is 1. The molecule has 2 aliphatic carbocycles. The molecule has 0 radical (unpaired) electrons. The molecule has 2 saturated carbocycles. The molecule has 0 aromatic carbocycles. The molecule has 1 aromatic heterocycles. The zero-order valence-corrected chi connectivity index (χ0v) is 14.8. The summed E-state index contributed by atoms with van der Waals surface area (Å²) in [6, 6.07) is 0.444. The minimum absolute atomic E-state index is 0.183. The zero-order chi connectivity index (χ0) is 16.6. The van der Waals surface area contributed by atoms with Crippen LogP contribution in [0.1, 0.15) is 83.0 Å². The van der Waals surface area contributed by atoms with Gasteiger partial charge in [-0.05, 0) is 50.4 Å². The van der Waals surface area contributed by atoms with Crippen LogP contribution in [0.25, 0.3) is 0 Å². The highest BCUT2D eigenvalue weighted by molar-refractivity contribution is 5.85. The van der Waals surface area contributed by atoms with Crippen LogP contribution in [0.3, 0.4) is 0 Å². The van der Waals surface area contributed by atoms with Crippen LogP contribution < -0.4 is 5.32 Å². The molecule has 1 amide bonds. The Balaban J connectivity index is 1.97. The molecule has 1 N–H and O–H groups in total. The Morgan fingerprint density at radius 2 is 2.00 bits per heavy atom. The van der Waals surface area contributed by atoms with E-state index in [9.17, 15) is 4.79 Å². The first kappa shape index (κ1) is 16.3. The Kier molecular flexibility index (Phi) is 4.39. The van der Waals surface area contributed by atoms with E-state index >= 15 is 0 Å². The number of nitrogens with one attached hydrogen (secondary N) is 1. The minimum atomic E-state index is -0.364. The lowest BCUT2D eigenvalue weighted by Crippen LogP contribution is -2.20. The van der Waals surface area contributed by atoms with Gasteiger partial charge in [-0.1, -0.05) is 27.2 Å². The van der Waals surface area contributed by atoms with Gasteiger partial charge in [0.05, 0.1) is 18.3 Å². The molecule has 128 valence electrons. The number of carbonyl (C=O) groups excluding carboxylic acids is 1. The zero-order valence-electron chi connectivity index (χ0n) is 14.8. The third-order valence-corrected chi connectivity index (χ3v) is 4.62. The lowest BCUT2D eigenvalue weighted by Gasteiger charge is -2.28. The fourth-order valence-corrected chi connectivity index (χ4v) is 3.22. The minimum Gasteiger partial charge on any atom is -0.450 e. The Labute approximate surface area is 138 Å². The second kappa shape index (κ2) is 6.17. The highest BCUT2D eigenvalue weighted by Gasteiger charge is 2.36. The molecule has 2 fully saturated rings. The van der Waals surface area contributed by atoms with Gasteiger partial charge >= 0.3 is 6.09 Å². The average Bonchev–Trinajstić information content (AvgIpc) is 3.15. The third-order valence-electron chi connectivity index (χ3n) is 4.62. The van der Waals surface area contributed by atoms with Crippen molar-refractivity contribution in [1.29, 1.82) is 0 Å². The number of carbonyl (C=O) groups is 1. The summed E-state index contributed by atoms with van der Waals surface area (Å²) in [4.78, 5) is 12.0. The van der Waals surface area contributed by atoms with Crippen molar-refractivity contribution >= 4 is 11.9 Å². The van der Waals surface area contributed by atoms with E-state index < -0.39 is 0 Å². The van der Waals surface area contributed by atoms with Crippen molar-refractivity contribution < 1.29 is 9.53 Å². The summed E-state index contributed by atoms with van der Waals surface area (Å²) in [7, 11) is 0. The molecule has 0 bridgehead atoms. The number of aromatic nitrogens is 2. The quantitative estimate of drug-likeness (QED) is 0.860. The molecule has 0 atom stereocenters. The van der Waals surface area contributed by atoms with Gasteiger partial charge in [0.2, 0.25) is 0 Å². The standard InChI is InChI=1S/C18H29N3O2/c1-5-23-17(22)19-16-15(12-7-6-8-12)14(11-18(2,3)4)20-21(16)13-9-10-13/h12-13H,5-11H2,1-4H3,(H,19,22). The predicted molar refractivity (Wildman–Crippen MR) is 90.9 cm³/mol. The fraction of sp³-hybridized carbons (Fsp3) is 0.778. The summed E-state index contributed by atoms with van der Waals surface area (Å²) in [6.45, 7) is 8.94. The summed E-state index contributed by atoms with van der Waals surface area (Å²) >= 11 is 0. The molecule has 23 heavy (non-hydrogen) atoms. The molecule has 0 aliphatic heterocycles. The molecule has 1 heterocycles. The number of anilines is 1. The van der Waals surface area contributed by atoms with E-state index in [0.29, 0.717) is 18.6 Å². The van der Waals surface area contributed by atoms with Gasteiger partial charge in [-0.3, -0.25) is 5.32 Å². The molecule has 5 heteroatoms. The second-order valence-corrected chi connectivity index (χ2v) is 8.10. The van der Waals surface area contributed by atoms with Crippen LogP contribution in [0.15, 0.2) is 0 Å². The summed E-state index contributed by atoms with van der Waals surface area (Å²) in [6.07, 6.45) is 6.55. The van der Waals surface area contributed by atoms with Gasteiger partial charge in [-0.2, -0.15) is 5.10 Å². The van der Waals surface area contributed by atoms with Crippen molar-refractivity contribution in [3.63, 3.8) is 0 Å². The SMILES string of the molecule is CCOC(=O)Nc1c(C2CCC2)c(CC(C)(C)C)nn1C1CC1. The van der Waals surface area contributed by atoms with Crippen molar-refractivity contribution in [1.82, 2.24) is 9.78 Å². The highest BCUT2D eigenvalue weighted by Crippen LogP contribution is 2.46. The first-order valence-corrected chi connectivity index (χ1v) is 8.94. The van der Waals surface area contributed by atoms with Crippen molar-refractivity contribution in [2.75, 3.05) is 11.9 Å². The lowest BCUT2D eigenvalue weighted by atomic mass is 9.77. The van der Waals surface area contributed by atoms with Crippen LogP contribution in [0.2, 0.25) is 0 Å². The van der Waals surface area contributed by atoms with E-state index in [-0.39, 0.29) is 11.5 Å². The second-order valence-electron chi connectivity index (χ2n) is 8.10. The largest absolute Gasteiger partial charge is 0.450 e. The van der Waals surface area contributed by atoms with Crippen LogP contribution >= 0.6 is 0 Å². The first-order chi connectivity index (χ1) is 10.9. The van der Waals surface area contributed by atoms with Gasteiger partial charge in [0.25, 0.3) is 0 Å². The van der Waals surface area contributed by atoms with Crippen molar-refractivity contribution in [2.24, 2.45) is 5.41 Å². The number of hydrogen-bond donors (Lipinski definition) is 1. The van der Waals surface area contributed by atoms with Gasteiger partial charge in [0, 0.05) is 5.56 Å². The van der Waals surface area contributed by atoms with Crippen molar-refractivity contribution in [3.05, 3.63) is 11.3 Å². The molecule has 1 aromatic rings. The third kappa shape index (κ3) is 3.70. The maximum Gasteiger partial charge on any atom is 0.412 e. The van der Waals surface area contributed by atoms with E-state index in [4.69, 9.17) is 9.84 Å². The van der Waals surface area contributed by atoms with Crippen LogP contribution in [0, 0.1) is 5.41 Å². The Morgan fingerprint density at radius 1 is 1.30 bits per heavy atom. The Morgan fingerprint density at radius 3 is 2.48 bits per heavy atom. The predicted octanol–water partition coefficient (Wildman–Crippen LogP) is 4.64. The Bertz CT molecular complexity index is 578. The molecular weight excluding hydrogens is 290 g/mol. The molecule has 0 unspecified atom stereocenters. The summed E-state index contributed by atoms with van der Waals surface area (Å²) in [5, 5.41) is 7.92. The summed E-state index contributed by atoms with van der Waals surface area (Å²) < 4.78 is 7.17. The van der Waals surface area contributed by atoms with Gasteiger partial charge in [-0.25, -0.2) is 9.48 Å². The monoisotopic (exact) mass is 319 g/mol. The van der Waals surface area contributed by atoms with E-state index in [1.54, 1.807) is 0 Å². The van der Waals surface area contributed by atoms with Crippen LogP contribution in [-0.2, 0) is 11.2 Å². The molecule has 3 rings (SSSR count). The summed E-state index contributed by atoms with van der Waals surface area (Å²) in [5.74, 6) is 1.44. The topological polar surface area (TPSA) is 56.1 Å². The normalized spacial score (nSPS) is 18.6. The van der Waals surface area contributed by atoms with Gasteiger partial charge in [0.1, 0.15) is 5.82 Å². The van der Waals surface area contributed by atoms with Crippen LogP contribution in [-0.4, -0.2) is 22.5 Å². The molecule has 5 nitrogen and oxygen atoms in total. The Hall–Kier alpha value is -1.52. The lowest BCUT2D eigenvalue weighted by molar-refractivity contribution is 0.167. The van der Waals surface area contributed by atoms with Crippen molar-refractivity contribution in [2.45, 2.75) is 78.2 Å². The van der Waals surface area contributed by atoms with Gasteiger partial charge in [0.15, 0.2) is 0 Å². The number of ether oxygens (including phenoxy) is 1. The van der Waals surface area contributed by atoms with E-state index in [0.717, 1.165) is 25.1 Å². The van der Waals surface area contributed by atoms with Crippen molar-refractivity contribution in [3.8, 4) is 0 Å². The fourth-order valence-electron chi connectivity index (χ4n) is 3.22. The van der Waals surface area contributed by atoms with Gasteiger partial charge < -0.3 is 4.74 Å². The van der Waals surface area contributed by atoms with E-state index in [1.165, 1.54) is 30.5 Å². The highest BCUT2D eigenvalue weighted by atomic mass is 16.5. The molecular formula is C18H29N3O2. The van der Waals surface area contributed by atoms with E-state index in [2.05, 4.69) is 30.8 Å². The van der Waals surface area contributed by atoms with Crippen LogP contribution in [0.5, 0.6) is 0 Å². The number of rotatable bonds is 5. The molecule has 0 saturated heterocycles. The van der Waals surface area contributed by atoms with E-state index in [1.807, 2.05) is 6.92 Å². The number of hydrogen-bond acceptors (Lipinski definition) is 3. The smallest absolute Gasteiger partial charge is 0.412 e. The summed E-state index contributed by atoms with van der Waals surface area (Å²) in [5.41, 5.74) is 2.62. The molecule has 2 aliphatic rings. The van der Waals surface area contributed by atoms with Gasteiger partial charge in [-0.15, -0.1) is 0 Å². The maximum atomic E-state index is 12.0. The average molecular weight is 319 g/mol. The van der Waals surface area contributed by atoms with Crippen LogP contribution in [0.4, 0.5) is 10.6 Å². The maximum absolute atomic E-state index is 12.0. The molecule has 0 spiro atoms. The number of nitrogens with zero attached hydrogens (tertiary/aromatic N) is 2.